The molecule has 3 fully saturated rings. The third-order valence-corrected chi connectivity index (χ3v) is 9.02. The van der Waals surface area contributed by atoms with E-state index >= 15 is 0 Å². The summed E-state index contributed by atoms with van der Waals surface area (Å²) in [5, 5.41) is 31.6. The number of aliphatic carboxylic acids is 1. The average molecular weight is 485 g/mol. The smallest absolute Gasteiger partial charge is 1.00 e. The van der Waals surface area contributed by atoms with Crippen LogP contribution >= 0.6 is 0 Å². The van der Waals surface area contributed by atoms with Crippen LogP contribution in [0.15, 0.2) is 23.8 Å². The van der Waals surface area contributed by atoms with Gasteiger partial charge in [-0.25, -0.2) is 0 Å². The number of hydrogen-bond acceptors (Lipinski definition) is 7. The van der Waals surface area contributed by atoms with E-state index in [9.17, 15) is 29.4 Å². The summed E-state index contributed by atoms with van der Waals surface area (Å²) >= 11 is 0. The van der Waals surface area contributed by atoms with Gasteiger partial charge < -0.3 is 21.5 Å². The molecule has 0 spiro atoms. The van der Waals surface area contributed by atoms with Gasteiger partial charge in [-0.05, 0) is 56.1 Å². The number of carbonyl (C=O) groups is 4. The number of fused-ring (bicyclic) bond motifs is 5. The Balaban J connectivity index is 0.00000216. The fraction of sp³-hybridized carbons (Fsp3) is 0.680. The Morgan fingerprint density at radius 3 is 2.59 bits per heavy atom. The summed E-state index contributed by atoms with van der Waals surface area (Å²) in [7, 11) is 0. The summed E-state index contributed by atoms with van der Waals surface area (Å²) in [6.45, 7) is 3.30. The number of carboxylic acid groups (broad SMARTS) is 1. The molecule has 0 amide bonds. The summed E-state index contributed by atoms with van der Waals surface area (Å²) in [6.07, 6.45) is 6.27. The van der Waals surface area contributed by atoms with Crippen LogP contribution in [0.4, 0.5) is 0 Å². The number of aliphatic hydroxyl groups excluding tert-OH is 1. The summed E-state index contributed by atoms with van der Waals surface area (Å²) in [5.74, 6) is -2.58. The van der Waals surface area contributed by atoms with Crippen LogP contribution in [0.1, 0.15) is 60.2 Å². The second-order valence-electron chi connectivity index (χ2n) is 10.6. The summed E-state index contributed by atoms with van der Waals surface area (Å²) < 4.78 is 4.96. The molecule has 0 saturated heterocycles. The number of allylic oxidation sites excluding steroid dienone is 4. The fourth-order valence-electron chi connectivity index (χ4n) is 7.34. The van der Waals surface area contributed by atoms with Gasteiger partial charge in [0.25, 0.3) is 0 Å². The zero-order valence-corrected chi connectivity index (χ0v) is 22.1. The number of aliphatic hydroxyl groups is 2. The van der Waals surface area contributed by atoms with Crippen LogP contribution in [-0.2, 0) is 23.9 Å². The molecule has 0 aromatic heterocycles. The van der Waals surface area contributed by atoms with Gasteiger partial charge in [-0.15, -0.1) is 0 Å². The van der Waals surface area contributed by atoms with Crippen molar-refractivity contribution in [1.29, 1.82) is 0 Å². The molecule has 0 aliphatic heterocycles. The minimum absolute atomic E-state index is 0. The van der Waals surface area contributed by atoms with E-state index in [2.05, 4.69) is 6.92 Å². The maximum Gasteiger partial charge on any atom is 1.00 e. The molecule has 4 aliphatic rings. The molecule has 4 aliphatic carbocycles. The predicted octanol–water partition coefficient (Wildman–Crippen LogP) is -0.910. The van der Waals surface area contributed by atoms with Crippen molar-refractivity contribution in [2.24, 2.45) is 28.6 Å². The molecule has 3 N–H and O–H groups in total. The Bertz CT molecular complexity index is 963. The Hall–Kier alpha value is -1.32. The first-order chi connectivity index (χ1) is 15.4. The van der Waals surface area contributed by atoms with Gasteiger partial charge >= 0.3 is 41.5 Å². The zero-order valence-electron chi connectivity index (χ0n) is 21.1. The topological polar surface area (TPSA) is 138 Å². The molecule has 0 heterocycles. The van der Waals surface area contributed by atoms with Crippen molar-refractivity contribution in [3.63, 3.8) is 0 Å². The van der Waals surface area contributed by atoms with Crippen LogP contribution in [0.3, 0.4) is 0 Å². The van der Waals surface area contributed by atoms with E-state index in [0.717, 1.165) is 18.4 Å². The number of carboxylic acids is 1. The molecule has 8 nitrogen and oxygen atoms in total. The minimum atomic E-state index is -1.73. The number of ether oxygens (including phenoxy) is 1. The molecule has 9 heteroatoms. The van der Waals surface area contributed by atoms with Crippen LogP contribution in [0.5, 0.6) is 0 Å². The number of esters is 1. The van der Waals surface area contributed by atoms with Gasteiger partial charge in [0.15, 0.2) is 12.4 Å². The van der Waals surface area contributed by atoms with Crippen LogP contribution in [0.2, 0.25) is 0 Å². The second kappa shape index (κ2) is 9.62. The van der Waals surface area contributed by atoms with Crippen molar-refractivity contribution in [2.75, 3.05) is 6.61 Å². The summed E-state index contributed by atoms with van der Waals surface area (Å²) in [4.78, 5) is 47.4. The molecule has 7 atom stereocenters. The van der Waals surface area contributed by atoms with Crippen molar-refractivity contribution >= 4 is 23.5 Å². The van der Waals surface area contributed by atoms with Crippen molar-refractivity contribution in [1.82, 2.24) is 0 Å². The van der Waals surface area contributed by atoms with Crippen LogP contribution in [0.25, 0.3) is 0 Å². The molecular formula is C25H33NaO8. The molecule has 4 rings (SSSR count). The van der Waals surface area contributed by atoms with Crippen molar-refractivity contribution in [2.45, 2.75) is 70.5 Å². The molecule has 182 valence electrons. The van der Waals surface area contributed by atoms with Gasteiger partial charge in [-0.1, -0.05) is 25.5 Å². The molecular weight excluding hydrogens is 451 g/mol. The SMILES string of the molecule is C[C@]12C=CC(=O)C=C1CC[C@@H]1[C@@H]2[C@@H](O)C[C@@]2(C)[C@H]1CC[C@]2(O)C(=O)COC(=O)CCC(=O)O.[H-].[Na+]. The first kappa shape index (κ1) is 27.3. The maximum atomic E-state index is 13.1. The summed E-state index contributed by atoms with van der Waals surface area (Å²) in [6, 6.07) is 0. The molecule has 0 bridgehead atoms. The van der Waals surface area contributed by atoms with Crippen molar-refractivity contribution in [3.05, 3.63) is 23.8 Å². The number of Topliss-reactive ketones (excluding diaryl/α,β-unsaturated/α-hetero) is 1. The van der Waals surface area contributed by atoms with Crippen LogP contribution < -0.4 is 29.6 Å². The molecule has 0 radical (unpaired) electrons. The number of hydrogen-bond donors (Lipinski definition) is 3. The molecule has 0 aromatic rings. The Morgan fingerprint density at radius 2 is 1.91 bits per heavy atom. The van der Waals surface area contributed by atoms with Gasteiger partial charge in [0.2, 0.25) is 5.78 Å². The monoisotopic (exact) mass is 484 g/mol. The van der Waals surface area contributed by atoms with E-state index in [1.165, 1.54) is 0 Å². The van der Waals surface area contributed by atoms with E-state index in [-0.39, 0.29) is 80.2 Å². The van der Waals surface area contributed by atoms with E-state index in [0.29, 0.717) is 6.42 Å². The van der Waals surface area contributed by atoms with E-state index in [1.54, 1.807) is 12.2 Å². The normalized spacial score (nSPS) is 40.2. The van der Waals surface area contributed by atoms with Crippen LogP contribution in [-0.4, -0.2) is 57.1 Å². The maximum absolute atomic E-state index is 13.1. The third kappa shape index (κ3) is 4.26. The van der Waals surface area contributed by atoms with Gasteiger partial charge in [0, 0.05) is 16.7 Å². The summed E-state index contributed by atoms with van der Waals surface area (Å²) in [5.41, 5.74) is -1.99. The van der Waals surface area contributed by atoms with Crippen molar-refractivity contribution in [3.8, 4) is 0 Å². The molecule has 0 aromatic carbocycles. The Morgan fingerprint density at radius 1 is 1.21 bits per heavy atom. The number of rotatable bonds is 6. The number of ketones is 2. The largest absolute Gasteiger partial charge is 1.00 e. The first-order valence-corrected chi connectivity index (χ1v) is 11.7. The standard InChI is InChI=1S/C25H32O8.Na.H/c1-23-9-7-15(26)11-14(23)3-4-16-17-8-10-25(32,24(17,2)12-18(27)22(16)23)19(28)13-33-21(31)6-5-20(29)30;;/h7,9,11,16-18,22,27,32H,3-6,8,10,12-13H2,1-2H3,(H,29,30);;/q;+1;-1/t16-,17-,18-,22+,23-,24-,25-;;/m0../s1. The average Bonchev–Trinajstić information content (AvgIpc) is 3.02. The third-order valence-electron chi connectivity index (χ3n) is 9.02. The van der Waals surface area contributed by atoms with Gasteiger partial charge in [-0.2, -0.15) is 0 Å². The van der Waals surface area contributed by atoms with Gasteiger partial charge in [0.05, 0.1) is 18.9 Å². The second-order valence-corrected chi connectivity index (χ2v) is 10.6. The molecule has 0 unspecified atom stereocenters. The quantitative estimate of drug-likeness (QED) is 0.325. The first-order valence-electron chi connectivity index (χ1n) is 11.7. The predicted molar refractivity (Wildman–Crippen MR) is 117 cm³/mol. The van der Waals surface area contributed by atoms with E-state index in [4.69, 9.17) is 9.84 Å². The van der Waals surface area contributed by atoms with Gasteiger partial charge in [-0.3, -0.25) is 19.2 Å². The number of carbonyl (C=O) groups excluding carboxylic acids is 3. The zero-order chi connectivity index (χ0) is 24.2. The molecule has 3 saturated carbocycles. The Kier molecular flexibility index (Phi) is 7.71. The van der Waals surface area contributed by atoms with Gasteiger partial charge in [0.1, 0.15) is 5.60 Å². The fourth-order valence-corrected chi connectivity index (χ4v) is 7.34. The van der Waals surface area contributed by atoms with Crippen LogP contribution in [0, 0.1) is 28.6 Å². The van der Waals surface area contributed by atoms with E-state index in [1.807, 2.05) is 13.0 Å². The Labute approximate surface area is 222 Å². The minimum Gasteiger partial charge on any atom is -1.00 e. The molecule has 34 heavy (non-hydrogen) atoms. The van der Waals surface area contributed by atoms with Crippen molar-refractivity contribution < 1.29 is 70.2 Å². The van der Waals surface area contributed by atoms with E-state index < -0.39 is 46.9 Å².